The lowest BCUT2D eigenvalue weighted by atomic mass is 10.1. The first kappa shape index (κ1) is 15.2. The highest BCUT2D eigenvalue weighted by Gasteiger charge is 2.11. The van der Waals surface area contributed by atoms with Crippen molar-refractivity contribution < 1.29 is 9.90 Å². The first-order chi connectivity index (χ1) is 10.1. The van der Waals surface area contributed by atoms with Crippen LogP contribution in [0, 0.1) is 5.92 Å². The Morgan fingerprint density at radius 3 is 2.81 bits per heavy atom. The minimum atomic E-state index is -0.521. The second-order valence-corrected chi connectivity index (χ2v) is 5.37. The Morgan fingerprint density at radius 1 is 1.43 bits per heavy atom. The molecule has 2 rings (SSSR count). The van der Waals surface area contributed by atoms with E-state index in [0.717, 1.165) is 0 Å². The van der Waals surface area contributed by atoms with Crippen LogP contribution >= 0.6 is 0 Å². The van der Waals surface area contributed by atoms with Gasteiger partial charge in [0.2, 0.25) is 0 Å². The van der Waals surface area contributed by atoms with E-state index in [4.69, 9.17) is 0 Å². The molecule has 2 N–H and O–H groups in total. The zero-order valence-corrected chi connectivity index (χ0v) is 12.2. The summed E-state index contributed by atoms with van der Waals surface area (Å²) in [5.41, 5.74) is 0.468. The molecule has 2 aromatic rings. The van der Waals surface area contributed by atoms with Crippen LogP contribution in [0.2, 0.25) is 0 Å². The maximum Gasteiger partial charge on any atom is 0.252 e. The molecule has 1 unspecified atom stereocenters. The number of aliphatic hydroxyl groups is 1. The van der Waals surface area contributed by atoms with Crippen LogP contribution in [0.4, 0.5) is 0 Å². The molecule has 0 aliphatic carbocycles. The van der Waals surface area contributed by atoms with Gasteiger partial charge >= 0.3 is 0 Å². The van der Waals surface area contributed by atoms with Crippen molar-refractivity contribution in [3.05, 3.63) is 42.6 Å². The van der Waals surface area contributed by atoms with Gasteiger partial charge in [-0.1, -0.05) is 13.8 Å². The van der Waals surface area contributed by atoms with Crippen LogP contribution < -0.4 is 5.32 Å². The Hall–Kier alpha value is -2.21. The number of carbonyl (C=O) groups excluding carboxylic acids is 1. The molecule has 0 aliphatic heterocycles. The number of aromatic nitrogens is 3. The molecule has 0 radical (unpaired) electrons. The van der Waals surface area contributed by atoms with E-state index in [-0.39, 0.29) is 12.5 Å². The Balaban J connectivity index is 1.91. The molecule has 1 amide bonds. The Bertz CT molecular complexity index is 564. The summed E-state index contributed by atoms with van der Waals surface area (Å²) in [5.74, 6) is 0.861. The van der Waals surface area contributed by atoms with Crippen LogP contribution in [0.5, 0.6) is 0 Å². The third kappa shape index (κ3) is 4.39. The lowest BCUT2D eigenvalue weighted by Gasteiger charge is -2.13. The van der Waals surface area contributed by atoms with Gasteiger partial charge in [0.15, 0.2) is 0 Å². The van der Waals surface area contributed by atoms with Crippen molar-refractivity contribution in [3.63, 3.8) is 0 Å². The van der Waals surface area contributed by atoms with Crippen LogP contribution in [-0.2, 0) is 0 Å². The molecule has 0 bridgehead atoms. The monoisotopic (exact) mass is 288 g/mol. The van der Waals surface area contributed by atoms with E-state index < -0.39 is 6.10 Å². The summed E-state index contributed by atoms with van der Waals surface area (Å²) in [7, 11) is 0. The Morgan fingerprint density at radius 2 is 2.24 bits per heavy atom. The normalized spacial score (nSPS) is 12.4. The van der Waals surface area contributed by atoms with Crippen molar-refractivity contribution in [2.24, 2.45) is 5.92 Å². The molecule has 112 valence electrons. The third-order valence-electron chi connectivity index (χ3n) is 3.02. The summed E-state index contributed by atoms with van der Waals surface area (Å²) in [4.78, 5) is 20.1. The maximum atomic E-state index is 12.0. The number of nitrogens with zero attached hydrogens (tertiary/aromatic N) is 3. The SMILES string of the molecule is CC(C)CC(O)CNC(=O)c1ccc(-n2ccnc2)nc1. The number of hydrogen-bond donors (Lipinski definition) is 2. The van der Waals surface area contributed by atoms with E-state index >= 15 is 0 Å². The highest BCUT2D eigenvalue weighted by Crippen LogP contribution is 2.06. The molecule has 21 heavy (non-hydrogen) atoms. The summed E-state index contributed by atoms with van der Waals surface area (Å²) in [5, 5.41) is 12.5. The van der Waals surface area contributed by atoms with E-state index in [1.807, 2.05) is 13.8 Å². The fourth-order valence-corrected chi connectivity index (χ4v) is 2.01. The van der Waals surface area contributed by atoms with Gasteiger partial charge in [0.1, 0.15) is 12.1 Å². The van der Waals surface area contributed by atoms with Gasteiger partial charge in [0.05, 0.1) is 11.7 Å². The predicted octanol–water partition coefficient (Wildman–Crippen LogP) is 1.40. The summed E-state index contributed by atoms with van der Waals surface area (Å²) in [6, 6.07) is 3.45. The molecule has 0 saturated carbocycles. The molecule has 0 spiro atoms. The molecule has 6 heteroatoms. The number of carbonyl (C=O) groups is 1. The van der Waals surface area contributed by atoms with Crippen molar-refractivity contribution in [1.29, 1.82) is 0 Å². The molecule has 6 nitrogen and oxygen atoms in total. The number of pyridine rings is 1. The molecule has 0 aromatic carbocycles. The molecule has 0 saturated heterocycles. The summed E-state index contributed by atoms with van der Waals surface area (Å²) >= 11 is 0. The van der Waals surface area contributed by atoms with Gasteiger partial charge in [-0.2, -0.15) is 0 Å². The minimum Gasteiger partial charge on any atom is -0.391 e. The number of imidazole rings is 1. The molecule has 0 fully saturated rings. The van der Waals surface area contributed by atoms with Gasteiger partial charge in [-0.05, 0) is 24.5 Å². The van der Waals surface area contributed by atoms with Gasteiger partial charge in [-0.15, -0.1) is 0 Å². The molecular weight excluding hydrogens is 268 g/mol. The van der Waals surface area contributed by atoms with Crippen molar-refractivity contribution >= 4 is 5.91 Å². The largest absolute Gasteiger partial charge is 0.391 e. The second kappa shape index (κ2) is 6.99. The standard InChI is InChI=1S/C15H20N4O2/c1-11(2)7-13(20)9-18-15(21)12-3-4-14(17-8-12)19-6-5-16-10-19/h3-6,8,10-11,13,20H,7,9H2,1-2H3,(H,18,21). The lowest BCUT2D eigenvalue weighted by Crippen LogP contribution is -2.32. The van der Waals surface area contributed by atoms with Crippen LogP contribution in [0.25, 0.3) is 5.82 Å². The maximum absolute atomic E-state index is 12.0. The van der Waals surface area contributed by atoms with Crippen molar-refractivity contribution in [3.8, 4) is 5.82 Å². The van der Waals surface area contributed by atoms with E-state index in [0.29, 0.717) is 23.7 Å². The zero-order valence-electron chi connectivity index (χ0n) is 12.2. The average Bonchev–Trinajstić information content (AvgIpc) is 2.98. The van der Waals surface area contributed by atoms with Crippen molar-refractivity contribution in [1.82, 2.24) is 19.9 Å². The first-order valence-electron chi connectivity index (χ1n) is 6.97. The third-order valence-corrected chi connectivity index (χ3v) is 3.02. The van der Waals surface area contributed by atoms with Gasteiger partial charge in [0.25, 0.3) is 5.91 Å². The average molecular weight is 288 g/mol. The minimum absolute atomic E-state index is 0.234. The Labute approximate surface area is 123 Å². The fraction of sp³-hybridized carbons (Fsp3) is 0.400. The number of aliphatic hydroxyl groups excluding tert-OH is 1. The second-order valence-electron chi connectivity index (χ2n) is 5.37. The number of nitrogens with one attached hydrogen (secondary N) is 1. The zero-order chi connectivity index (χ0) is 15.2. The topological polar surface area (TPSA) is 80.0 Å². The van der Waals surface area contributed by atoms with Gasteiger partial charge in [-0.25, -0.2) is 9.97 Å². The Kier molecular flexibility index (Phi) is 5.05. The molecular formula is C15H20N4O2. The highest BCUT2D eigenvalue weighted by atomic mass is 16.3. The highest BCUT2D eigenvalue weighted by molar-refractivity contribution is 5.93. The van der Waals surface area contributed by atoms with Crippen LogP contribution in [0.1, 0.15) is 30.6 Å². The van der Waals surface area contributed by atoms with Crippen LogP contribution in [0.3, 0.4) is 0 Å². The first-order valence-corrected chi connectivity index (χ1v) is 6.97. The summed E-state index contributed by atoms with van der Waals surface area (Å²) in [6.45, 7) is 4.31. The smallest absolute Gasteiger partial charge is 0.252 e. The van der Waals surface area contributed by atoms with Crippen LogP contribution in [-0.4, -0.2) is 38.2 Å². The summed E-state index contributed by atoms with van der Waals surface area (Å²) < 4.78 is 1.76. The van der Waals surface area contributed by atoms with Gasteiger partial charge in [0, 0.05) is 25.1 Å². The fourth-order valence-electron chi connectivity index (χ4n) is 2.01. The van der Waals surface area contributed by atoms with E-state index in [1.165, 1.54) is 6.20 Å². The van der Waals surface area contributed by atoms with Crippen LogP contribution in [0.15, 0.2) is 37.1 Å². The summed E-state index contributed by atoms with van der Waals surface area (Å²) in [6.07, 6.45) is 6.75. The van der Waals surface area contributed by atoms with E-state index in [9.17, 15) is 9.90 Å². The number of amides is 1. The van der Waals surface area contributed by atoms with Gasteiger partial charge < -0.3 is 10.4 Å². The predicted molar refractivity (Wildman–Crippen MR) is 79.2 cm³/mol. The van der Waals surface area contributed by atoms with Crippen molar-refractivity contribution in [2.75, 3.05) is 6.54 Å². The number of hydrogen-bond acceptors (Lipinski definition) is 4. The van der Waals surface area contributed by atoms with E-state index in [2.05, 4.69) is 15.3 Å². The molecule has 2 heterocycles. The quantitative estimate of drug-likeness (QED) is 0.842. The molecule has 2 aromatic heterocycles. The number of rotatable bonds is 6. The molecule has 1 atom stereocenters. The lowest BCUT2D eigenvalue weighted by molar-refractivity contribution is 0.0900. The van der Waals surface area contributed by atoms with Crippen molar-refractivity contribution in [2.45, 2.75) is 26.4 Å². The van der Waals surface area contributed by atoms with E-state index in [1.54, 1.807) is 35.4 Å². The molecule has 0 aliphatic rings. The van der Waals surface area contributed by atoms with Gasteiger partial charge in [-0.3, -0.25) is 9.36 Å².